The number of hydrogen-bond acceptors (Lipinski definition) is 3. The molecule has 2 aromatic carbocycles. The minimum Gasteiger partial charge on any atom is -0.487 e. The van der Waals surface area contributed by atoms with Crippen molar-refractivity contribution in [1.82, 2.24) is 0 Å². The Hall–Kier alpha value is -2.05. The van der Waals surface area contributed by atoms with E-state index in [-0.39, 0.29) is 22.7 Å². The van der Waals surface area contributed by atoms with Crippen LogP contribution in [-0.4, -0.2) is 17.6 Å². The Kier molecular flexibility index (Phi) is 6.23. The second-order valence-corrected chi connectivity index (χ2v) is 5.73. The molecule has 0 fully saturated rings. The highest BCUT2D eigenvalue weighted by atomic mass is 35.5. The summed E-state index contributed by atoms with van der Waals surface area (Å²) < 4.78 is 32.4. The third kappa shape index (κ3) is 4.72. The summed E-state index contributed by atoms with van der Waals surface area (Å²) in [6.45, 7) is 2.21. The van der Waals surface area contributed by atoms with Crippen LogP contribution in [0.4, 0.5) is 14.5 Å². The van der Waals surface area contributed by atoms with Crippen LogP contribution in [0.25, 0.3) is 0 Å². The Bertz CT molecular complexity index is 783. The number of ether oxygens (including phenoxy) is 1. The quantitative estimate of drug-likeness (QED) is 0.771. The molecule has 1 N–H and O–H groups in total. The first-order valence-corrected chi connectivity index (χ1v) is 7.89. The first-order chi connectivity index (χ1) is 11.4. The smallest absolute Gasteiger partial charge is 0.255 e. The molecule has 1 amide bonds. The van der Waals surface area contributed by atoms with Gasteiger partial charge >= 0.3 is 0 Å². The summed E-state index contributed by atoms with van der Waals surface area (Å²) in [7, 11) is 0. The fraction of sp³-hybridized carbons (Fsp3) is 0.176. The molecule has 0 saturated heterocycles. The van der Waals surface area contributed by atoms with Gasteiger partial charge in [0.25, 0.3) is 5.91 Å². The zero-order valence-electron chi connectivity index (χ0n) is 12.7. The Labute approximate surface area is 148 Å². The highest BCUT2D eigenvalue weighted by molar-refractivity contribution is 7.80. The number of carbonyl (C=O) groups is 1. The lowest BCUT2D eigenvalue weighted by Crippen LogP contribution is -2.14. The lowest BCUT2D eigenvalue weighted by molar-refractivity contribution is 0.102. The summed E-state index contributed by atoms with van der Waals surface area (Å²) in [6.07, 6.45) is 0.213. The number of rotatable bonds is 5. The summed E-state index contributed by atoms with van der Waals surface area (Å²) in [6, 6.07) is 7.58. The van der Waals surface area contributed by atoms with Crippen molar-refractivity contribution in [2.24, 2.45) is 0 Å². The maximum absolute atomic E-state index is 14.0. The summed E-state index contributed by atoms with van der Waals surface area (Å²) in [5.74, 6) is -1.88. The van der Waals surface area contributed by atoms with Gasteiger partial charge < -0.3 is 10.1 Å². The molecule has 0 bridgehead atoms. The molecule has 0 radical (unpaired) electrons. The fourth-order valence-electron chi connectivity index (χ4n) is 2.02. The van der Waals surface area contributed by atoms with Gasteiger partial charge in [-0.1, -0.05) is 17.7 Å². The zero-order valence-corrected chi connectivity index (χ0v) is 14.3. The highest BCUT2D eigenvalue weighted by Gasteiger charge is 2.14. The molecule has 0 aliphatic carbocycles. The third-order valence-corrected chi connectivity index (χ3v) is 3.73. The molecule has 3 nitrogen and oxygen atoms in total. The van der Waals surface area contributed by atoms with Crippen LogP contribution in [0.15, 0.2) is 36.4 Å². The van der Waals surface area contributed by atoms with E-state index in [0.29, 0.717) is 17.2 Å². The first kappa shape index (κ1) is 18.3. The van der Waals surface area contributed by atoms with Gasteiger partial charge in [-0.25, -0.2) is 8.78 Å². The van der Waals surface area contributed by atoms with Crippen molar-refractivity contribution >= 4 is 40.5 Å². The largest absolute Gasteiger partial charge is 0.487 e. The Morgan fingerprint density at radius 2 is 2.04 bits per heavy atom. The minimum absolute atomic E-state index is 0.0667. The van der Waals surface area contributed by atoms with Crippen LogP contribution in [0.5, 0.6) is 0 Å². The van der Waals surface area contributed by atoms with E-state index in [1.54, 1.807) is 6.92 Å². The molecule has 126 valence electrons. The van der Waals surface area contributed by atoms with Crippen LogP contribution in [0, 0.1) is 11.6 Å². The van der Waals surface area contributed by atoms with Crippen molar-refractivity contribution in [3.05, 3.63) is 64.2 Å². The number of hydrogen-bond donors (Lipinski definition) is 1. The number of carbonyl (C=O) groups excluding carboxylic acids is 1. The molecule has 0 heterocycles. The molecule has 24 heavy (non-hydrogen) atoms. The van der Waals surface area contributed by atoms with Gasteiger partial charge in [-0.05, 0) is 55.0 Å². The van der Waals surface area contributed by atoms with Crippen LogP contribution < -0.4 is 5.32 Å². The van der Waals surface area contributed by atoms with E-state index < -0.39 is 17.5 Å². The summed E-state index contributed by atoms with van der Waals surface area (Å²) in [4.78, 5) is 12.1. The van der Waals surface area contributed by atoms with Gasteiger partial charge in [-0.15, -0.1) is 0 Å². The molecule has 0 aromatic heterocycles. The summed E-state index contributed by atoms with van der Waals surface area (Å²) >= 11 is 11.0. The van der Waals surface area contributed by atoms with Crippen LogP contribution in [0.1, 0.15) is 22.8 Å². The number of benzene rings is 2. The number of nitrogens with one attached hydrogen (secondary N) is 1. The molecule has 2 aromatic rings. The van der Waals surface area contributed by atoms with Gasteiger partial charge in [0.15, 0.2) is 5.05 Å². The molecular formula is C17H14ClF2NO2S. The van der Waals surface area contributed by atoms with Crippen LogP contribution in [0.3, 0.4) is 0 Å². The molecule has 0 saturated carbocycles. The van der Waals surface area contributed by atoms with Gasteiger partial charge in [0, 0.05) is 17.0 Å². The van der Waals surface area contributed by atoms with Gasteiger partial charge in [-0.3, -0.25) is 4.79 Å². The zero-order chi connectivity index (χ0) is 17.7. The summed E-state index contributed by atoms with van der Waals surface area (Å²) in [5, 5.41) is 2.90. The maximum atomic E-state index is 14.0. The standard InChI is InChI=1S/C17H14ClF2NO2S/c1-2-23-16(24)8-11-7-15(14(20)9-13(11)18)21-17(22)10-4-3-5-12(19)6-10/h3-7,9H,2,8H2,1H3,(H,21,22). The van der Waals surface area contributed by atoms with Gasteiger partial charge in [0.1, 0.15) is 11.6 Å². The maximum Gasteiger partial charge on any atom is 0.255 e. The van der Waals surface area contributed by atoms with Crippen molar-refractivity contribution in [2.45, 2.75) is 13.3 Å². The van der Waals surface area contributed by atoms with Crippen molar-refractivity contribution in [3.63, 3.8) is 0 Å². The van der Waals surface area contributed by atoms with Gasteiger partial charge in [0.05, 0.1) is 12.3 Å². The Morgan fingerprint density at radius 1 is 1.29 bits per heavy atom. The number of amides is 1. The normalized spacial score (nSPS) is 10.3. The lowest BCUT2D eigenvalue weighted by atomic mass is 10.1. The lowest BCUT2D eigenvalue weighted by Gasteiger charge is -2.11. The Morgan fingerprint density at radius 3 is 2.71 bits per heavy atom. The van der Waals surface area contributed by atoms with E-state index in [2.05, 4.69) is 5.32 Å². The van der Waals surface area contributed by atoms with E-state index in [9.17, 15) is 13.6 Å². The van der Waals surface area contributed by atoms with E-state index in [0.717, 1.165) is 12.1 Å². The van der Waals surface area contributed by atoms with Crippen molar-refractivity contribution in [3.8, 4) is 0 Å². The number of thiocarbonyl (C=S) groups is 1. The van der Waals surface area contributed by atoms with Crippen LogP contribution >= 0.6 is 23.8 Å². The second kappa shape index (κ2) is 8.17. The molecule has 0 atom stereocenters. The fourth-order valence-corrected chi connectivity index (χ4v) is 2.51. The van der Waals surface area contributed by atoms with Crippen LogP contribution in [-0.2, 0) is 11.2 Å². The molecule has 0 unspecified atom stereocenters. The Balaban J connectivity index is 2.23. The van der Waals surface area contributed by atoms with Crippen molar-refractivity contribution in [2.75, 3.05) is 11.9 Å². The summed E-state index contributed by atoms with van der Waals surface area (Å²) in [5.41, 5.74) is 0.532. The average molecular weight is 370 g/mol. The third-order valence-electron chi connectivity index (χ3n) is 3.11. The predicted molar refractivity (Wildman–Crippen MR) is 93.7 cm³/mol. The van der Waals surface area contributed by atoms with E-state index in [1.807, 2.05) is 0 Å². The molecular weight excluding hydrogens is 356 g/mol. The molecule has 0 aliphatic rings. The van der Waals surface area contributed by atoms with Crippen LogP contribution in [0.2, 0.25) is 5.02 Å². The highest BCUT2D eigenvalue weighted by Crippen LogP contribution is 2.25. The average Bonchev–Trinajstić information content (AvgIpc) is 2.52. The number of anilines is 1. The van der Waals surface area contributed by atoms with E-state index in [1.165, 1.54) is 24.3 Å². The SMILES string of the molecule is CCOC(=S)Cc1cc(NC(=O)c2cccc(F)c2)c(F)cc1Cl. The van der Waals surface area contributed by atoms with Crippen molar-refractivity contribution in [1.29, 1.82) is 0 Å². The second-order valence-electron chi connectivity index (χ2n) is 4.87. The van der Waals surface area contributed by atoms with Gasteiger partial charge in [-0.2, -0.15) is 0 Å². The molecule has 0 spiro atoms. The topological polar surface area (TPSA) is 38.3 Å². The predicted octanol–water partition coefficient (Wildman–Crippen LogP) is 4.78. The van der Waals surface area contributed by atoms with E-state index >= 15 is 0 Å². The molecule has 2 rings (SSSR count). The monoisotopic (exact) mass is 369 g/mol. The van der Waals surface area contributed by atoms with Gasteiger partial charge in [0.2, 0.25) is 0 Å². The van der Waals surface area contributed by atoms with Crippen molar-refractivity contribution < 1.29 is 18.3 Å². The first-order valence-electron chi connectivity index (χ1n) is 7.11. The number of halogens is 3. The van der Waals surface area contributed by atoms with E-state index in [4.69, 9.17) is 28.6 Å². The minimum atomic E-state index is -0.698. The molecule has 7 heteroatoms. The molecule has 0 aliphatic heterocycles.